The van der Waals surface area contributed by atoms with E-state index in [0.29, 0.717) is 5.75 Å². The van der Waals surface area contributed by atoms with Crippen LogP contribution in [0, 0.1) is 16.0 Å². The summed E-state index contributed by atoms with van der Waals surface area (Å²) in [7, 11) is 4.42. The summed E-state index contributed by atoms with van der Waals surface area (Å²) in [6, 6.07) is 5.75. The number of benzene rings is 1. The summed E-state index contributed by atoms with van der Waals surface area (Å²) in [6.07, 6.45) is 14.1. The van der Waals surface area contributed by atoms with Gasteiger partial charge < -0.3 is 26.2 Å². The van der Waals surface area contributed by atoms with Gasteiger partial charge in [0.15, 0.2) is 0 Å². The van der Waals surface area contributed by atoms with Crippen molar-refractivity contribution in [3.63, 3.8) is 0 Å². The van der Waals surface area contributed by atoms with Crippen molar-refractivity contribution in [3.8, 4) is 5.75 Å². The summed E-state index contributed by atoms with van der Waals surface area (Å²) in [5, 5.41) is 10.8. The van der Waals surface area contributed by atoms with Gasteiger partial charge in [-0.1, -0.05) is 71.6 Å². The van der Waals surface area contributed by atoms with Gasteiger partial charge in [-0.05, 0) is 25.0 Å². The highest BCUT2D eigenvalue weighted by Crippen LogP contribution is 2.23. The fraction of sp³-hybridized carbons (Fsp3) is 0.731. The molecule has 1 unspecified atom stereocenters. The second-order valence-electron chi connectivity index (χ2n) is 9.66. The Balaban J connectivity index is 0.0000102. The van der Waals surface area contributed by atoms with E-state index in [4.69, 9.17) is 4.74 Å². The van der Waals surface area contributed by atoms with Crippen LogP contribution >= 0.6 is 0 Å². The van der Waals surface area contributed by atoms with Crippen molar-refractivity contribution in [1.29, 1.82) is 0 Å². The summed E-state index contributed by atoms with van der Waals surface area (Å²) in [4.78, 5) is 23.3. The molecule has 1 aromatic carbocycles. The van der Waals surface area contributed by atoms with Crippen LogP contribution in [0.4, 0.5) is 5.69 Å². The first-order chi connectivity index (χ1) is 15.3. The minimum Gasteiger partial charge on any atom is -1.00 e. The lowest BCUT2D eigenvalue weighted by Crippen LogP contribution is -3.00. The van der Waals surface area contributed by atoms with Gasteiger partial charge >= 0.3 is 5.97 Å². The molecule has 33 heavy (non-hydrogen) atoms. The highest BCUT2D eigenvalue weighted by Gasteiger charge is 2.25. The summed E-state index contributed by atoms with van der Waals surface area (Å²) in [6.45, 7) is 6.45. The summed E-state index contributed by atoms with van der Waals surface area (Å²) >= 11 is 0. The highest BCUT2D eigenvalue weighted by atomic mass is 79.9. The number of unbranched alkanes of at least 4 members (excludes halogenated alkanes) is 8. The molecule has 0 aliphatic rings. The monoisotopic (exact) mass is 528 g/mol. The van der Waals surface area contributed by atoms with E-state index >= 15 is 0 Å². The quantitative estimate of drug-likeness (QED) is 0.0722. The maximum atomic E-state index is 12.9. The van der Waals surface area contributed by atoms with Crippen LogP contribution in [-0.2, 0) is 4.79 Å². The van der Waals surface area contributed by atoms with E-state index in [2.05, 4.69) is 27.9 Å². The van der Waals surface area contributed by atoms with Gasteiger partial charge in [-0.15, -0.1) is 0 Å². The molecule has 0 saturated heterocycles. The standard InChI is InChI=1S/C26H45N2O4.BrH/c1-5-7-8-9-10-11-12-13-14-15-23(20-22-28(3,4)21-6-2)26(29)32-25-18-16-24(17-19-25)27(30)31;/h16-19,23H,5-15,20-22H2,1-4H3;1H/q+1;/p-1. The van der Waals surface area contributed by atoms with Crippen LogP contribution in [0.3, 0.4) is 0 Å². The van der Waals surface area contributed by atoms with Crippen molar-refractivity contribution in [3.05, 3.63) is 34.4 Å². The Morgan fingerprint density at radius 3 is 1.94 bits per heavy atom. The fourth-order valence-corrected chi connectivity index (χ4v) is 4.14. The van der Waals surface area contributed by atoms with Crippen LogP contribution < -0.4 is 21.7 Å². The van der Waals surface area contributed by atoms with Crippen LogP contribution in [0.15, 0.2) is 24.3 Å². The average molecular weight is 530 g/mol. The van der Waals surface area contributed by atoms with Gasteiger partial charge in [0.2, 0.25) is 0 Å². The number of halogens is 1. The lowest BCUT2D eigenvalue weighted by atomic mass is 9.96. The molecule has 1 rings (SSSR count). The molecule has 0 fully saturated rings. The molecule has 0 heterocycles. The average Bonchev–Trinajstić information content (AvgIpc) is 2.74. The molecule has 0 N–H and O–H groups in total. The molecule has 6 nitrogen and oxygen atoms in total. The number of hydrogen-bond acceptors (Lipinski definition) is 4. The van der Waals surface area contributed by atoms with E-state index in [9.17, 15) is 14.9 Å². The lowest BCUT2D eigenvalue weighted by Gasteiger charge is -2.30. The molecule has 0 radical (unpaired) electrons. The van der Waals surface area contributed by atoms with Crippen LogP contribution in [0.2, 0.25) is 0 Å². The van der Waals surface area contributed by atoms with E-state index in [1.54, 1.807) is 0 Å². The number of rotatable bonds is 18. The second-order valence-corrected chi connectivity index (χ2v) is 9.66. The number of nitro groups is 1. The fourth-order valence-electron chi connectivity index (χ4n) is 4.14. The first-order valence-electron chi connectivity index (χ1n) is 12.6. The Morgan fingerprint density at radius 2 is 1.42 bits per heavy atom. The Morgan fingerprint density at radius 1 is 0.879 bits per heavy atom. The molecular weight excluding hydrogens is 484 g/mol. The number of ether oxygens (including phenoxy) is 1. The third-order valence-corrected chi connectivity index (χ3v) is 6.17. The number of quaternary nitrogens is 1. The molecule has 190 valence electrons. The molecule has 0 aromatic heterocycles. The van der Waals surface area contributed by atoms with Crippen LogP contribution in [0.25, 0.3) is 0 Å². The van der Waals surface area contributed by atoms with Crippen molar-refractivity contribution in [2.45, 2.75) is 90.9 Å². The van der Waals surface area contributed by atoms with Crippen LogP contribution in [0.1, 0.15) is 90.9 Å². The zero-order chi connectivity index (χ0) is 23.8. The van der Waals surface area contributed by atoms with Crippen molar-refractivity contribution in [2.75, 3.05) is 27.2 Å². The van der Waals surface area contributed by atoms with Gasteiger partial charge in [-0.2, -0.15) is 0 Å². The van der Waals surface area contributed by atoms with Crippen molar-refractivity contribution in [1.82, 2.24) is 0 Å². The predicted octanol–water partition coefficient (Wildman–Crippen LogP) is 3.92. The van der Waals surface area contributed by atoms with Gasteiger partial charge in [0, 0.05) is 18.6 Å². The first-order valence-corrected chi connectivity index (χ1v) is 12.6. The van der Waals surface area contributed by atoms with Crippen molar-refractivity contribution >= 4 is 11.7 Å². The van der Waals surface area contributed by atoms with E-state index in [1.807, 2.05) is 0 Å². The molecule has 0 aliphatic carbocycles. The van der Waals surface area contributed by atoms with E-state index in [1.165, 1.54) is 69.2 Å². The number of esters is 1. The molecular formula is C26H45BrN2O4. The van der Waals surface area contributed by atoms with E-state index in [0.717, 1.165) is 49.7 Å². The highest BCUT2D eigenvalue weighted by molar-refractivity contribution is 5.75. The zero-order valence-electron chi connectivity index (χ0n) is 21.2. The normalized spacial score (nSPS) is 12.1. The smallest absolute Gasteiger partial charge is 0.314 e. The minimum atomic E-state index is -0.452. The van der Waals surface area contributed by atoms with Gasteiger partial charge in [0.25, 0.3) is 5.69 Å². The molecule has 0 saturated carbocycles. The van der Waals surface area contributed by atoms with Gasteiger partial charge in [-0.25, -0.2) is 0 Å². The largest absolute Gasteiger partial charge is 1.00 e. The maximum Gasteiger partial charge on any atom is 0.314 e. The topological polar surface area (TPSA) is 69.4 Å². The van der Waals surface area contributed by atoms with E-state index in [-0.39, 0.29) is 34.6 Å². The summed E-state index contributed by atoms with van der Waals surface area (Å²) in [5.74, 6) is 0.0268. The molecule has 0 spiro atoms. The Hall–Kier alpha value is -1.47. The number of nitro benzene ring substituents is 1. The van der Waals surface area contributed by atoms with Gasteiger partial charge in [-0.3, -0.25) is 14.9 Å². The Kier molecular flexibility index (Phi) is 17.1. The predicted molar refractivity (Wildman–Crippen MR) is 131 cm³/mol. The number of carbonyl (C=O) groups excluding carboxylic acids is 1. The van der Waals surface area contributed by atoms with Crippen LogP contribution in [-0.4, -0.2) is 42.6 Å². The molecule has 7 heteroatoms. The number of hydrogen-bond donors (Lipinski definition) is 0. The van der Waals surface area contributed by atoms with Gasteiger partial charge in [0.05, 0.1) is 38.0 Å². The molecule has 1 atom stereocenters. The van der Waals surface area contributed by atoms with Crippen molar-refractivity contribution < 1.29 is 35.9 Å². The van der Waals surface area contributed by atoms with Crippen molar-refractivity contribution in [2.24, 2.45) is 5.92 Å². The lowest BCUT2D eigenvalue weighted by molar-refractivity contribution is -0.890. The zero-order valence-corrected chi connectivity index (χ0v) is 22.8. The third-order valence-electron chi connectivity index (χ3n) is 6.17. The molecule has 0 aliphatic heterocycles. The van der Waals surface area contributed by atoms with E-state index < -0.39 is 4.92 Å². The third kappa shape index (κ3) is 14.4. The maximum absolute atomic E-state index is 12.9. The van der Waals surface area contributed by atoms with Crippen LogP contribution in [0.5, 0.6) is 5.75 Å². The molecule has 0 amide bonds. The number of carbonyl (C=O) groups is 1. The second kappa shape index (κ2) is 17.9. The minimum absolute atomic E-state index is 0. The Labute approximate surface area is 211 Å². The van der Waals surface area contributed by atoms with Gasteiger partial charge in [0.1, 0.15) is 5.75 Å². The summed E-state index contributed by atoms with van der Waals surface area (Å²) < 4.78 is 6.50. The molecule has 1 aromatic rings. The number of nitrogens with zero attached hydrogens (tertiary/aromatic N) is 2. The Bertz CT molecular complexity index is 665. The summed E-state index contributed by atoms with van der Waals surface area (Å²) in [5.41, 5.74) is -0.00495. The SMILES string of the molecule is CCCCCCCCCCCC(CC[N+](C)(C)CCC)C(=O)Oc1ccc([N+](=O)[O-])cc1.[Br-]. The molecule has 0 bridgehead atoms. The number of non-ortho nitro benzene ring substituents is 1. The first kappa shape index (κ1) is 31.5.